The van der Waals surface area contributed by atoms with Crippen LogP contribution in [0.3, 0.4) is 0 Å². The van der Waals surface area contributed by atoms with Gasteiger partial charge in [-0.05, 0) is 46.5 Å². The molecule has 162 valence electrons. The third-order valence-electron chi connectivity index (χ3n) is 4.96. The van der Waals surface area contributed by atoms with Crippen LogP contribution in [0.1, 0.15) is 29.0 Å². The lowest BCUT2D eigenvalue weighted by Gasteiger charge is -2.11. The zero-order chi connectivity index (χ0) is 22.8. The van der Waals surface area contributed by atoms with E-state index in [0.717, 1.165) is 28.0 Å². The van der Waals surface area contributed by atoms with Crippen molar-refractivity contribution >= 4 is 11.5 Å². The first-order valence-electron chi connectivity index (χ1n) is 10.2. The van der Waals surface area contributed by atoms with Gasteiger partial charge in [0.15, 0.2) is 0 Å². The predicted octanol–water partition coefficient (Wildman–Crippen LogP) is 5.53. The van der Waals surface area contributed by atoms with Gasteiger partial charge in [0.25, 0.3) is 0 Å². The summed E-state index contributed by atoms with van der Waals surface area (Å²) in [5, 5.41) is 9.29. The molecule has 0 radical (unpaired) electrons. The molecule has 0 spiro atoms. The minimum atomic E-state index is -0.540. The first-order valence-corrected chi connectivity index (χ1v) is 10.2. The molecule has 5 nitrogen and oxygen atoms in total. The van der Waals surface area contributed by atoms with Gasteiger partial charge in [0, 0.05) is 0 Å². The molecule has 0 bridgehead atoms. The third kappa shape index (κ3) is 6.48. The quantitative estimate of drug-likeness (QED) is 0.398. The molecule has 0 aliphatic carbocycles. The summed E-state index contributed by atoms with van der Waals surface area (Å²) in [7, 11) is 1.31. The number of hydrogen-bond donors (Lipinski definition) is 0. The van der Waals surface area contributed by atoms with Crippen LogP contribution in [0.2, 0.25) is 0 Å². The molecule has 32 heavy (non-hydrogen) atoms. The maximum absolute atomic E-state index is 11.4. The van der Waals surface area contributed by atoms with Gasteiger partial charge in [0.05, 0.1) is 25.5 Å². The largest absolute Gasteiger partial charge is 0.489 e. The van der Waals surface area contributed by atoms with E-state index >= 15 is 0 Å². The maximum atomic E-state index is 11.4. The number of hydrogen-bond acceptors (Lipinski definition) is 5. The molecule has 0 aliphatic heterocycles. The van der Waals surface area contributed by atoms with Gasteiger partial charge < -0.3 is 14.2 Å². The summed E-state index contributed by atoms with van der Waals surface area (Å²) in [6.45, 7) is 4.90. The molecule has 5 heteroatoms. The van der Waals surface area contributed by atoms with E-state index in [1.165, 1.54) is 7.11 Å². The summed E-state index contributed by atoms with van der Waals surface area (Å²) >= 11 is 0. The Morgan fingerprint density at radius 3 is 2.19 bits per heavy atom. The summed E-state index contributed by atoms with van der Waals surface area (Å²) in [5.41, 5.74) is 3.74. The van der Waals surface area contributed by atoms with Crippen molar-refractivity contribution in [3.05, 3.63) is 102 Å². The average Bonchev–Trinajstić information content (AvgIpc) is 2.86. The molecule has 3 aromatic rings. The summed E-state index contributed by atoms with van der Waals surface area (Å²) < 4.78 is 16.3. The Labute approximate surface area is 188 Å². The zero-order valence-corrected chi connectivity index (χ0v) is 18.0. The van der Waals surface area contributed by atoms with E-state index in [1.54, 1.807) is 24.3 Å². The van der Waals surface area contributed by atoms with Crippen molar-refractivity contribution in [1.29, 1.82) is 5.26 Å². The van der Waals surface area contributed by atoms with Crippen LogP contribution < -0.4 is 9.47 Å². The minimum Gasteiger partial charge on any atom is -0.489 e. The molecule has 0 saturated heterocycles. The summed E-state index contributed by atoms with van der Waals surface area (Å²) in [4.78, 5) is 11.4. The van der Waals surface area contributed by atoms with Crippen LogP contribution in [0.5, 0.6) is 11.5 Å². The molecular formula is C27H25NO4. The van der Waals surface area contributed by atoms with Gasteiger partial charge in [0.1, 0.15) is 24.7 Å². The maximum Gasteiger partial charge on any atom is 0.307 e. The first kappa shape index (κ1) is 22.6. The van der Waals surface area contributed by atoms with Crippen LogP contribution >= 0.6 is 0 Å². The van der Waals surface area contributed by atoms with Gasteiger partial charge in [-0.2, -0.15) is 5.26 Å². The zero-order valence-electron chi connectivity index (χ0n) is 18.0. The van der Waals surface area contributed by atoms with E-state index < -0.39 is 11.9 Å². The number of nitrogens with zero attached hydrogens (tertiary/aromatic N) is 1. The third-order valence-corrected chi connectivity index (χ3v) is 4.96. The molecule has 0 heterocycles. The second kappa shape index (κ2) is 11.4. The normalized spacial score (nSPS) is 11.1. The fourth-order valence-corrected chi connectivity index (χ4v) is 3.06. The molecule has 0 amide bonds. The minimum absolute atomic E-state index is 0.0281. The van der Waals surface area contributed by atoms with Crippen molar-refractivity contribution in [2.75, 3.05) is 13.7 Å². The monoisotopic (exact) mass is 427 g/mol. The van der Waals surface area contributed by atoms with Crippen molar-refractivity contribution in [3.8, 4) is 17.6 Å². The van der Waals surface area contributed by atoms with Crippen molar-refractivity contribution in [1.82, 2.24) is 0 Å². The number of carbonyl (C=O) groups excluding carboxylic acids is 1. The van der Waals surface area contributed by atoms with Gasteiger partial charge in [0.2, 0.25) is 0 Å². The number of esters is 1. The van der Waals surface area contributed by atoms with Crippen molar-refractivity contribution < 1.29 is 19.0 Å². The topological polar surface area (TPSA) is 68.5 Å². The average molecular weight is 428 g/mol. The highest BCUT2D eigenvalue weighted by molar-refractivity contribution is 5.71. The first-order chi connectivity index (χ1) is 15.6. The highest BCUT2D eigenvalue weighted by atomic mass is 16.5. The van der Waals surface area contributed by atoms with Crippen LogP contribution in [0.25, 0.3) is 5.57 Å². The second-order valence-corrected chi connectivity index (χ2v) is 7.22. The Bertz CT molecular complexity index is 1070. The lowest BCUT2D eigenvalue weighted by Crippen LogP contribution is -2.07. The Morgan fingerprint density at radius 2 is 1.56 bits per heavy atom. The fourth-order valence-electron chi connectivity index (χ4n) is 3.06. The molecule has 0 saturated carbocycles. The standard InChI is InChI=1S/C27H25NO4/c1-20(22-6-4-3-5-7-22)18-31-25-12-8-21(9-13-25)19-32-26-14-10-23(11-15-26)24(17-28)16-27(29)30-2/h3-15,24H,1,16,18-19H2,2H3. The molecule has 1 atom stereocenters. The summed E-state index contributed by atoms with van der Waals surface area (Å²) in [5.74, 6) is 0.502. The van der Waals surface area contributed by atoms with Crippen molar-refractivity contribution in [2.45, 2.75) is 18.9 Å². The van der Waals surface area contributed by atoms with Crippen LogP contribution in [0.15, 0.2) is 85.4 Å². The Morgan fingerprint density at radius 1 is 0.938 bits per heavy atom. The van der Waals surface area contributed by atoms with Crippen LogP contribution in [-0.4, -0.2) is 19.7 Å². The number of nitriles is 1. The van der Waals surface area contributed by atoms with E-state index in [2.05, 4.69) is 17.4 Å². The van der Waals surface area contributed by atoms with Gasteiger partial charge in [-0.3, -0.25) is 4.79 Å². The molecule has 0 N–H and O–H groups in total. The van der Waals surface area contributed by atoms with Gasteiger partial charge >= 0.3 is 5.97 Å². The van der Waals surface area contributed by atoms with Crippen molar-refractivity contribution in [3.63, 3.8) is 0 Å². The summed E-state index contributed by atoms with van der Waals surface area (Å²) in [6, 6.07) is 27.0. The van der Waals surface area contributed by atoms with Crippen LogP contribution in [0, 0.1) is 11.3 Å². The van der Waals surface area contributed by atoms with Crippen LogP contribution in [0.4, 0.5) is 0 Å². The van der Waals surface area contributed by atoms with Gasteiger partial charge in [-0.1, -0.05) is 61.2 Å². The Hall–Kier alpha value is -4.04. The summed E-state index contributed by atoms with van der Waals surface area (Å²) in [6.07, 6.45) is 0.0281. The molecule has 1 unspecified atom stereocenters. The van der Waals surface area contributed by atoms with Crippen molar-refractivity contribution in [2.24, 2.45) is 0 Å². The number of methoxy groups -OCH3 is 1. The van der Waals surface area contributed by atoms with E-state index in [9.17, 15) is 10.1 Å². The molecule has 0 fully saturated rings. The predicted molar refractivity (Wildman–Crippen MR) is 123 cm³/mol. The number of benzene rings is 3. The number of carbonyl (C=O) groups is 1. The molecule has 3 rings (SSSR count). The molecular weight excluding hydrogens is 402 g/mol. The van der Waals surface area contributed by atoms with Crippen LogP contribution in [-0.2, 0) is 16.1 Å². The van der Waals surface area contributed by atoms with Gasteiger partial charge in [-0.25, -0.2) is 0 Å². The SMILES string of the molecule is C=C(COc1ccc(COc2ccc(C(C#N)CC(=O)OC)cc2)cc1)c1ccccc1. The molecule has 0 aliphatic rings. The Kier molecular flexibility index (Phi) is 8.05. The lowest BCUT2D eigenvalue weighted by atomic mass is 9.97. The number of ether oxygens (including phenoxy) is 3. The second-order valence-electron chi connectivity index (χ2n) is 7.22. The van der Waals surface area contributed by atoms with E-state index in [1.807, 2.05) is 54.6 Å². The smallest absolute Gasteiger partial charge is 0.307 e. The molecule has 3 aromatic carbocycles. The highest BCUT2D eigenvalue weighted by Crippen LogP contribution is 2.23. The van der Waals surface area contributed by atoms with E-state index in [-0.39, 0.29) is 6.42 Å². The lowest BCUT2D eigenvalue weighted by molar-refractivity contribution is -0.140. The molecule has 0 aromatic heterocycles. The van der Waals surface area contributed by atoms with E-state index in [4.69, 9.17) is 9.47 Å². The highest BCUT2D eigenvalue weighted by Gasteiger charge is 2.16. The number of rotatable bonds is 10. The fraction of sp³-hybridized carbons (Fsp3) is 0.185. The van der Waals surface area contributed by atoms with E-state index in [0.29, 0.717) is 19.0 Å². The Balaban J connectivity index is 1.49. The van der Waals surface area contributed by atoms with Gasteiger partial charge in [-0.15, -0.1) is 0 Å².